The van der Waals surface area contributed by atoms with Crippen molar-refractivity contribution in [2.75, 3.05) is 46.8 Å². The monoisotopic (exact) mass is 1270 g/mol. The lowest BCUT2D eigenvalue weighted by Gasteiger charge is -2.62. The van der Waals surface area contributed by atoms with Gasteiger partial charge in [0.25, 0.3) is 0 Å². The second-order valence-electron chi connectivity index (χ2n) is 27.4. The fraction of sp³-hybridized carbons (Fsp3) is 1.00. The van der Waals surface area contributed by atoms with Crippen molar-refractivity contribution in [2.24, 2.45) is 52.3 Å². The Balaban J connectivity index is 0.721. The minimum atomic E-state index is -1.95. The van der Waals surface area contributed by atoms with E-state index in [1.807, 2.05) is 6.92 Å². The summed E-state index contributed by atoms with van der Waals surface area (Å²) >= 11 is 0. The van der Waals surface area contributed by atoms with Gasteiger partial charge < -0.3 is 149 Å². The first-order chi connectivity index (χ1) is 41.7. The van der Waals surface area contributed by atoms with Crippen LogP contribution >= 0.6 is 0 Å². The van der Waals surface area contributed by atoms with Crippen molar-refractivity contribution in [3.63, 3.8) is 0 Å². The van der Waals surface area contributed by atoms with Crippen LogP contribution in [0, 0.1) is 52.3 Å². The van der Waals surface area contributed by atoms with E-state index in [2.05, 4.69) is 20.8 Å². The maximum atomic E-state index is 12.0. The molecule has 6 heterocycles. The van der Waals surface area contributed by atoms with Gasteiger partial charge in [-0.1, -0.05) is 27.7 Å². The van der Waals surface area contributed by atoms with E-state index in [1.54, 1.807) is 7.11 Å². The van der Waals surface area contributed by atoms with E-state index in [4.69, 9.17) is 56.8 Å². The molecule has 0 amide bonds. The van der Waals surface area contributed by atoms with Crippen molar-refractivity contribution < 1.29 is 149 Å². The largest absolute Gasteiger partial charge is 0.394 e. The molecule has 38 atom stereocenters. The van der Waals surface area contributed by atoms with Gasteiger partial charge in [-0.15, -0.1) is 0 Å². The molecule has 4 aliphatic carbocycles. The van der Waals surface area contributed by atoms with Crippen LogP contribution in [0.15, 0.2) is 0 Å². The van der Waals surface area contributed by atoms with Crippen molar-refractivity contribution in [1.29, 1.82) is 0 Å². The predicted octanol–water partition coefficient (Wildman–Crippen LogP) is -6.51. The molecule has 18 N–H and O–H groups in total. The highest BCUT2D eigenvalue weighted by Crippen LogP contribution is 2.71. The van der Waals surface area contributed by atoms with Gasteiger partial charge in [-0.25, -0.2) is 0 Å². The zero-order chi connectivity index (χ0) is 63.8. The van der Waals surface area contributed by atoms with Crippen LogP contribution in [0.25, 0.3) is 0 Å². The molecular formula is C58H98O30. The van der Waals surface area contributed by atoms with E-state index < -0.39 is 205 Å². The first-order valence-corrected chi connectivity index (χ1v) is 31.4. The molecule has 0 aromatic carbocycles. The topological polar surface area (TPSA) is 475 Å². The average Bonchev–Trinajstić information content (AvgIpc) is 2.18. The number of aliphatic hydroxyl groups is 18. The van der Waals surface area contributed by atoms with Crippen molar-refractivity contribution in [3.05, 3.63) is 0 Å². The van der Waals surface area contributed by atoms with Crippen LogP contribution in [0.2, 0.25) is 0 Å². The molecule has 0 aromatic rings. The quantitative estimate of drug-likeness (QED) is 0.0504. The molecule has 10 fully saturated rings. The SMILES string of the molecule is CO[C@]1(CC[C@@H](C)CO[C@@H]2O[C@H](CO[C@@H]3O[C@H](CO)[C@@H](O)[C@H](O)[C@H]3O)[C@@H](O)[C@H](O)[C@H]2O)O[C@H]2C[C@H]3[C@@H]4CC[C@@H]5C[C@@H](O[C@@H]6O[C@H](CO)[C@H](O[C@@H]7O[C@H](CO)[C@@H](O)[C@H](O)[C@H]7O[C@@H]7O[C@H](CO)[C@@H](O)[C@H](O)[C@H]7O)[C@H](O)[C@H]6O)[C@@H](O)C[C@]5(C)[C@H]4CC[C@]3(C)[C@H]2[C@@H]1C. The lowest BCUT2D eigenvalue weighted by Crippen LogP contribution is -2.67. The van der Waals surface area contributed by atoms with Crippen LogP contribution in [-0.4, -0.2) is 316 Å². The van der Waals surface area contributed by atoms with Crippen molar-refractivity contribution in [1.82, 2.24) is 0 Å². The molecule has 6 aliphatic heterocycles. The fourth-order valence-corrected chi connectivity index (χ4v) is 17.4. The van der Waals surface area contributed by atoms with E-state index in [0.717, 1.165) is 32.1 Å². The van der Waals surface area contributed by atoms with Crippen molar-refractivity contribution >= 4 is 0 Å². The highest BCUT2D eigenvalue weighted by atomic mass is 16.8. The molecule has 510 valence electrons. The van der Waals surface area contributed by atoms with Crippen LogP contribution in [0.3, 0.4) is 0 Å². The summed E-state index contributed by atoms with van der Waals surface area (Å²) in [6, 6.07) is 0. The molecule has 0 spiro atoms. The van der Waals surface area contributed by atoms with E-state index in [9.17, 15) is 91.9 Å². The first-order valence-electron chi connectivity index (χ1n) is 31.4. The van der Waals surface area contributed by atoms with Crippen LogP contribution in [0.1, 0.15) is 85.5 Å². The number of methoxy groups -OCH3 is 1. The summed E-state index contributed by atoms with van der Waals surface area (Å²) in [4.78, 5) is 0. The number of rotatable bonds is 20. The summed E-state index contributed by atoms with van der Waals surface area (Å²) in [5.41, 5.74) is -0.354. The standard InChI is InChI=1S/C58H98O30/c1-21(19-78-51-46(74)42(70)39(67)34(85-51)20-79-52-45(73)40(68)36(64)30(15-59)81-52)8-11-58(77-5)22(2)35-29(88-58)13-26-24-7-6-23-12-28(27(63)14-57(23,4)25(24)9-10-56(26,35)3)80-53-48(76)44(72)49(33(18-62)84-53)86-55-50(43(71)38(66)32(17-61)83-55)87-54-47(75)41(69)37(65)31(16-60)82-54/h21-55,59-76H,6-20H2,1-5H3/t21-,22+,23-,24-,25+,26+,27+,28-,29+,30-,31-,32-,33-,34-,35+,36-,37-,38-,39-,40+,41+,42+,43+,44-,45-,46-,47-,48-,49+,50-,51-,52-,53-,54+,55+,56+,57+,58-/m1/s1. The Hall–Kier alpha value is -1.20. The third-order valence-corrected chi connectivity index (χ3v) is 22.5. The van der Waals surface area contributed by atoms with E-state index in [1.165, 1.54) is 0 Å². The second-order valence-corrected chi connectivity index (χ2v) is 27.4. The van der Waals surface area contributed by atoms with Gasteiger partial charge in [0.2, 0.25) is 0 Å². The normalized spacial score (nSPS) is 55.1. The molecule has 0 aromatic heterocycles. The van der Waals surface area contributed by atoms with Gasteiger partial charge >= 0.3 is 0 Å². The summed E-state index contributed by atoms with van der Waals surface area (Å²) in [7, 11) is 1.67. The number of ether oxygens (including phenoxy) is 12. The molecule has 4 saturated carbocycles. The van der Waals surface area contributed by atoms with Crippen molar-refractivity contribution in [3.8, 4) is 0 Å². The Labute approximate surface area is 509 Å². The minimum Gasteiger partial charge on any atom is -0.394 e. The molecule has 30 nitrogen and oxygen atoms in total. The zero-order valence-electron chi connectivity index (χ0n) is 50.3. The van der Waals surface area contributed by atoms with E-state index >= 15 is 0 Å². The van der Waals surface area contributed by atoms with Crippen LogP contribution in [-0.2, 0) is 56.8 Å². The lowest BCUT2D eigenvalue weighted by molar-refractivity contribution is -0.391. The summed E-state index contributed by atoms with van der Waals surface area (Å²) in [6.07, 6.45) is -37.0. The summed E-state index contributed by atoms with van der Waals surface area (Å²) < 4.78 is 71.6. The summed E-state index contributed by atoms with van der Waals surface area (Å²) in [5, 5.41) is 191. The van der Waals surface area contributed by atoms with E-state index in [0.29, 0.717) is 37.5 Å². The highest BCUT2D eigenvalue weighted by molar-refractivity contribution is 5.16. The van der Waals surface area contributed by atoms with E-state index in [-0.39, 0.29) is 53.1 Å². The van der Waals surface area contributed by atoms with Gasteiger partial charge in [0.15, 0.2) is 37.2 Å². The Kier molecular flexibility index (Phi) is 22.0. The van der Waals surface area contributed by atoms with Gasteiger partial charge in [0, 0.05) is 19.4 Å². The Morgan fingerprint density at radius 1 is 0.500 bits per heavy atom. The second kappa shape index (κ2) is 27.9. The van der Waals surface area contributed by atoms with Gasteiger partial charge in [-0.05, 0) is 97.7 Å². The minimum absolute atomic E-state index is 0.00774. The summed E-state index contributed by atoms with van der Waals surface area (Å²) in [5.74, 6) is 0.254. The zero-order valence-corrected chi connectivity index (χ0v) is 50.3. The number of hydrogen-bond acceptors (Lipinski definition) is 30. The molecule has 10 aliphatic rings. The number of hydrogen-bond donors (Lipinski definition) is 18. The molecule has 88 heavy (non-hydrogen) atoms. The van der Waals surface area contributed by atoms with Crippen LogP contribution in [0.4, 0.5) is 0 Å². The summed E-state index contributed by atoms with van der Waals surface area (Å²) in [6.45, 7) is 5.29. The maximum Gasteiger partial charge on any atom is 0.187 e. The molecule has 0 radical (unpaired) electrons. The Morgan fingerprint density at radius 2 is 1.00 bits per heavy atom. The molecule has 6 saturated heterocycles. The Bertz CT molecular complexity index is 2240. The molecule has 10 rings (SSSR count). The molecule has 0 bridgehead atoms. The fourth-order valence-electron chi connectivity index (χ4n) is 17.4. The first kappa shape index (κ1) is 69.6. The van der Waals surface area contributed by atoms with Gasteiger partial charge in [0.05, 0.1) is 58.0 Å². The Morgan fingerprint density at radius 3 is 1.61 bits per heavy atom. The van der Waals surface area contributed by atoms with Crippen LogP contribution in [0.5, 0.6) is 0 Å². The average molecular weight is 1280 g/mol. The lowest BCUT2D eigenvalue weighted by atomic mass is 9.44. The van der Waals surface area contributed by atoms with Gasteiger partial charge in [-0.3, -0.25) is 0 Å². The van der Waals surface area contributed by atoms with Gasteiger partial charge in [-0.2, -0.15) is 0 Å². The number of fused-ring (bicyclic) bond motifs is 7. The third kappa shape index (κ3) is 12.7. The van der Waals surface area contributed by atoms with Gasteiger partial charge in [0.1, 0.15) is 122 Å². The van der Waals surface area contributed by atoms with Crippen molar-refractivity contribution in [2.45, 2.75) is 263 Å². The highest BCUT2D eigenvalue weighted by Gasteiger charge is 2.69. The van der Waals surface area contributed by atoms with Crippen LogP contribution < -0.4 is 0 Å². The molecule has 30 heteroatoms. The number of aliphatic hydroxyl groups excluding tert-OH is 18. The maximum absolute atomic E-state index is 12.0. The third-order valence-electron chi connectivity index (χ3n) is 22.5. The predicted molar refractivity (Wildman–Crippen MR) is 290 cm³/mol. The smallest absolute Gasteiger partial charge is 0.187 e. The molecule has 0 unspecified atom stereocenters. The molecular weight excluding hydrogens is 1180 g/mol.